The molecule has 1 aromatic rings. The van der Waals surface area contributed by atoms with Crippen molar-refractivity contribution in [1.29, 1.82) is 0 Å². The normalized spacial score (nSPS) is 25.2. The molecule has 1 fully saturated rings. The lowest BCUT2D eigenvalue weighted by Gasteiger charge is -2.45. The molecule has 2 rings (SSSR count). The molecule has 0 amide bonds. The molecule has 1 aliphatic carbocycles. The zero-order valence-corrected chi connectivity index (χ0v) is 14.2. The van der Waals surface area contributed by atoms with E-state index in [1.807, 2.05) is 0 Å². The standard InChI is InChI=1S/C19H32N2/c1-5-21(14-16-10-7-6-8-11-16)15-17-12-9-13-19(2,3)18(17)20-4/h6-8,10-11,17-18,20H,5,9,12-15H2,1-4H3. The average Bonchev–Trinajstić information content (AvgIpc) is 2.47. The van der Waals surface area contributed by atoms with Gasteiger partial charge in [0.15, 0.2) is 0 Å². The highest BCUT2D eigenvalue weighted by Crippen LogP contribution is 2.39. The molecule has 0 aromatic heterocycles. The molecule has 0 heterocycles. The van der Waals surface area contributed by atoms with Crippen LogP contribution >= 0.6 is 0 Å². The maximum absolute atomic E-state index is 3.61. The Morgan fingerprint density at radius 3 is 2.57 bits per heavy atom. The molecule has 1 aliphatic rings. The third-order valence-corrected chi connectivity index (χ3v) is 5.21. The Hall–Kier alpha value is -0.860. The van der Waals surface area contributed by atoms with Gasteiger partial charge < -0.3 is 5.32 Å². The zero-order valence-electron chi connectivity index (χ0n) is 14.2. The molecule has 0 bridgehead atoms. The van der Waals surface area contributed by atoms with E-state index in [0.29, 0.717) is 11.5 Å². The molecule has 2 atom stereocenters. The van der Waals surface area contributed by atoms with Crippen LogP contribution in [0.2, 0.25) is 0 Å². The maximum atomic E-state index is 3.61. The van der Waals surface area contributed by atoms with Crippen LogP contribution in [0.4, 0.5) is 0 Å². The topological polar surface area (TPSA) is 15.3 Å². The van der Waals surface area contributed by atoms with Crippen LogP contribution in [0.3, 0.4) is 0 Å². The van der Waals surface area contributed by atoms with Crippen LogP contribution < -0.4 is 5.32 Å². The Bertz CT molecular complexity index is 413. The summed E-state index contributed by atoms with van der Waals surface area (Å²) in [5.41, 5.74) is 1.85. The fourth-order valence-corrected chi connectivity index (χ4v) is 4.08. The molecular formula is C19H32N2. The van der Waals surface area contributed by atoms with E-state index in [0.717, 1.165) is 19.0 Å². The Kier molecular flexibility index (Phi) is 5.83. The fraction of sp³-hybridized carbons (Fsp3) is 0.684. The van der Waals surface area contributed by atoms with Gasteiger partial charge in [-0.3, -0.25) is 4.90 Å². The molecule has 118 valence electrons. The van der Waals surface area contributed by atoms with Crippen molar-refractivity contribution in [2.45, 2.75) is 52.6 Å². The van der Waals surface area contributed by atoms with Crippen LogP contribution in [-0.4, -0.2) is 31.1 Å². The summed E-state index contributed by atoms with van der Waals surface area (Å²) in [5, 5.41) is 3.61. The van der Waals surface area contributed by atoms with E-state index in [4.69, 9.17) is 0 Å². The van der Waals surface area contributed by atoms with Crippen molar-refractivity contribution in [1.82, 2.24) is 10.2 Å². The highest BCUT2D eigenvalue weighted by atomic mass is 15.1. The third kappa shape index (κ3) is 4.31. The average molecular weight is 288 g/mol. The van der Waals surface area contributed by atoms with Crippen molar-refractivity contribution in [3.63, 3.8) is 0 Å². The summed E-state index contributed by atoms with van der Waals surface area (Å²) in [6.07, 6.45) is 4.08. The predicted molar refractivity (Wildman–Crippen MR) is 91.4 cm³/mol. The van der Waals surface area contributed by atoms with E-state index in [1.54, 1.807) is 0 Å². The van der Waals surface area contributed by atoms with Crippen molar-refractivity contribution in [2.75, 3.05) is 20.1 Å². The highest BCUT2D eigenvalue weighted by Gasteiger charge is 2.38. The van der Waals surface area contributed by atoms with E-state index < -0.39 is 0 Å². The van der Waals surface area contributed by atoms with Gasteiger partial charge in [-0.2, -0.15) is 0 Å². The van der Waals surface area contributed by atoms with Gasteiger partial charge in [0.1, 0.15) is 0 Å². The van der Waals surface area contributed by atoms with E-state index in [1.165, 1.54) is 31.4 Å². The molecule has 0 aliphatic heterocycles. The summed E-state index contributed by atoms with van der Waals surface area (Å²) >= 11 is 0. The maximum Gasteiger partial charge on any atom is 0.0233 e. The van der Waals surface area contributed by atoms with E-state index in [9.17, 15) is 0 Å². The Morgan fingerprint density at radius 1 is 1.24 bits per heavy atom. The van der Waals surface area contributed by atoms with Crippen LogP contribution in [0.1, 0.15) is 45.6 Å². The predicted octanol–water partition coefficient (Wildman–Crippen LogP) is 3.92. The van der Waals surface area contributed by atoms with Gasteiger partial charge in [0, 0.05) is 19.1 Å². The number of benzene rings is 1. The van der Waals surface area contributed by atoms with Gasteiger partial charge in [-0.05, 0) is 43.3 Å². The highest BCUT2D eigenvalue weighted by molar-refractivity contribution is 5.14. The van der Waals surface area contributed by atoms with Crippen LogP contribution in [0, 0.1) is 11.3 Å². The van der Waals surface area contributed by atoms with Crippen molar-refractivity contribution in [2.24, 2.45) is 11.3 Å². The molecule has 2 unspecified atom stereocenters. The lowest BCUT2D eigenvalue weighted by molar-refractivity contribution is 0.0828. The molecule has 2 nitrogen and oxygen atoms in total. The number of hydrogen-bond acceptors (Lipinski definition) is 2. The molecule has 2 heteroatoms. The van der Waals surface area contributed by atoms with Gasteiger partial charge in [-0.1, -0.05) is 57.5 Å². The molecule has 0 radical (unpaired) electrons. The summed E-state index contributed by atoms with van der Waals surface area (Å²) in [5.74, 6) is 0.766. The molecule has 0 spiro atoms. The number of nitrogens with zero attached hydrogens (tertiary/aromatic N) is 1. The van der Waals surface area contributed by atoms with E-state index in [-0.39, 0.29) is 0 Å². The first-order valence-corrected chi connectivity index (χ1v) is 8.50. The lowest BCUT2D eigenvalue weighted by atomic mass is 9.68. The number of rotatable bonds is 6. The molecular weight excluding hydrogens is 256 g/mol. The summed E-state index contributed by atoms with van der Waals surface area (Å²) in [6.45, 7) is 10.5. The Labute approximate surface area is 130 Å². The fourth-order valence-electron chi connectivity index (χ4n) is 4.08. The lowest BCUT2D eigenvalue weighted by Crippen LogP contribution is -2.51. The minimum Gasteiger partial charge on any atom is -0.316 e. The van der Waals surface area contributed by atoms with Gasteiger partial charge in [-0.25, -0.2) is 0 Å². The molecule has 1 N–H and O–H groups in total. The van der Waals surface area contributed by atoms with Crippen LogP contribution in [0.5, 0.6) is 0 Å². The quantitative estimate of drug-likeness (QED) is 0.853. The zero-order chi connectivity index (χ0) is 15.3. The van der Waals surface area contributed by atoms with Gasteiger partial charge in [0.05, 0.1) is 0 Å². The summed E-state index contributed by atoms with van der Waals surface area (Å²) in [4.78, 5) is 2.60. The minimum atomic E-state index is 0.420. The smallest absolute Gasteiger partial charge is 0.0233 e. The first-order chi connectivity index (χ1) is 10.1. The van der Waals surface area contributed by atoms with Gasteiger partial charge in [-0.15, -0.1) is 0 Å². The minimum absolute atomic E-state index is 0.420. The number of nitrogens with one attached hydrogen (secondary N) is 1. The van der Waals surface area contributed by atoms with E-state index >= 15 is 0 Å². The van der Waals surface area contributed by atoms with E-state index in [2.05, 4.69) is 68.4 Å². The molecule has 21 heavy (non-hydrogen) atoms. The second kappa shape index (κ2) is 7.42. The summed E-state index contributed by atoms with van der Waals surface area (Å²) < 4.78 is 0. The molecule has 1 saturated carbocycles. The molecule has 0 saturated heterocycles. The third-order valence-electron chi connectivity index (χ3n) is 5.21. The van der Waals surface area contributed by atoms with Crippen molar-refractivity contribution >= 4 is 0 Å². The Balaban J connectivity index is 2.00. The number of hydrogen-bond donors (Lipinski definition) is 1. The van der Waals surface area contributed by atoms with Crippen LogP contribution in [0.15, 0.2) is 30.3 Å². The van der Waals surface area contributed by atoms with Crippen molar-refractivity contribution in [3.8, 4) is 0 Å². The Morgan fingerprint density at radius 2 is 1.95 bits per heavy atom. The first kappa shape index (κ1) is 16.5. The van der Waals surface area contributed by atoms with Gasteiger partial charge in [0.2, 0.25) is 0 Å². The van der Waals surface area contributed by atoms with Crippen molar-refractivity contribution < 1.29 is 0 Å². The van der Waals surface area contributed by atoms with Crippen LogP contribution in [-0.2, 0) is 6.54 Å². The largest absolute Gasteiger partial charge is 0.316 e. The van der Waals surface area contributed by atoms with Gasteiger partial charge >= 0.3 is 0 Å². The SMILES string of the molecule is CCN(Cc1ccccc1)CC1CCCC(C)(C)C1NC. The van der Waals surface area contributed by atoms with Crippen molar-refractivity contribution in [3.05, 3.63) is 35.9 Å². The first-order valence-electron chi connectivity index (χ1n) is 8.50. The monoisotopic (exact) mass is 288 g/mol. The molecule has 1 aromatic carbocycles. The van der Waals surface area contributed by atoms with Crippen LogP contribution in [0.25, 0.3) is 0 Å². The second-order valence-electron chi connectivity index (χ2n) is 7.22. The summed E-state index contributed by atoms with van der Waals surface area (Å²) in [6, 6.07) is 11.5. The summed E-state index contributed by atoms with van der Waals surface area (Å²) in [7, 11) is 2.14. The van der Waals surface area contributed by atoms with Gasteiger partial charge in [0.25, 0.3) is 0 Å². The second-order valence-corrected chi connectivity index (χ2v) is 7.22.